The van der Waals surface area contributed by atoms with E-state index in [-0.39, 0.29) is 11.8 Å². The first kappa shape index (κ1) is 23.2. The van der Waals surface area contributed by atoms with Crippen LogP contribution in [0.2, 0.25) is 5.02 Å². The number of rotatable bonds is 8. The van der Waals surface area contributed by atoms with E-state index >= 15 is 0 Å². The number of thiazole rings is 1. The molecule has 1 saturated heterocycles. The van der Waals surface area contributed by atoms with Gasteiger partial charge >= 0.3 is 0 Å². The molecule has 172 valence electrons. The van der Waals surface area contributed by atoms with Gasteiger partial charge in [0.2, 0.25) is 5.91 Å². The molecule has 4 rings (SSSR count). The van der Waals surface area contributed by atoms with Crippen molar-refractivity contribution < 1.29 is 9.59 Å². The summed E-state index contributed by atoms with van der Waals surface area (Å²) >= 11 is 7.54. The zero-order chi connectivity index (χ0) is 23.0. The predicted molar refractivity (Wildman–Crippen MR) is 130 cm³/mol. The molecule has 10 heteroatoms. The molecular weight excluding hydrogens is 460 g/mol. The van der Waals surface area contributed by atoms with Crippen molar-refractivity contribution in [2.75, 3.05) is 44.6 Å². The van der Waals surface area contributed by atoms with Gasteiger partial charge in [0.15, 0.2) is 5.13 Å². The third-order valence-electron chi connectivity index (χ3n) is 5.29. The Morgan fingerprint density at radius 1 is 1.06 bits per heavy atom. The van der Waals surface area contributed by atoms with Crippen LogP contribution in [-0.4, -0.2) is 70.9 Å². The number of carbonyl (C=O) groups excluding carboxylic acids is 2. The highest BCUT2D eigenvalue weighted by molar-refractivity contribution is 7.14. The third kappa shape index (κ3) is 6.50. The molecule has 2 N–H and O–H groups in total. The zero-order valence-electron chi connectivity index (χ0n) is 18.0. The van der Waals surface area contributed by atoms with Crippen molar-refractivity contribution in [1.29, 1.82) is 0 Å². The first-order valence-corrected chi connectivity index (χ1v) is 12.0. The minimum absolute atomic E-state index is 0.0134. The first-order chi connectivity index (χ1) is 16.1. The number of anilines is 2. The summed E-state index contributed by atoms with van der Waals surface area (Å²) in [6, 6.07) is 13.2. The molecule has 3 heterocycles. The van der Waals surface area contributed by atoms with E-state index in [1.165, 1.54) is 11.3 Å². The number of para-hydroxylation sites is 1. The highest BCUT2D eigenvalue weighted by Crippen LogP contribution is 2.27. The molecule has 33 heavy (non-hydrogen) atoms. The lowest BCUT2D eigenvalue weighted by Crippen LogP contribution is -2.51. The number of amides is 2. The highest BCUT2D eigenvalue weighted by Gasteiger charge is 2.25. The number of aromatic nitrogens is 2. The Morgan fingerprint density at radius 2 is 1.85 bits per heavy atom. The molecule has 0 atom stereocenters. The van der Waals surface area contributed by atoms with Crippen LogP contribution in [0.3, 0.4) is 0 Å². The van der Waals surface area contributed by atoms with E-state index in [9.17, 15) is 9.59 Å². The Bertz CT molecular complexity index is 1090. The van der Waals surface area contributed by atoms with Crippen molar-refractivity contribution in [2.45, 2.75) is 6.42 Å². The normalized spacial score (nSPS) is 14.2. The summed E-state index contributed by atoms with van der Waals surface area (Å²) in [4.78, 5) is 37.6. The Kier molecular flexibility index (Phi) is 7.87. The van der Waals surface area contributed by atoms with Crippen LogP contribution < -0.4 is 10.6 Å². The van der Waals surface area contributed by atoms with E-state index in [1.54, 1.807) is 22.5 Å². The lowest BCUT2D eigenvalue weighted by molar-refractivity contribution is -0.122. The van der Waals surface area contributed by atoms with E-state index in [0.717, 1.165) is 11.4 Å². The second kappa shape index (κ2) is 11.2. The fourth-order valence-corrected chi connectivity index (χ4v) is 4.39. The molecule has 8 nitrogen and oxygen atoms in total. The van der Waals surface area contributed by atoms with Gasteiger partial charge in [-0.3, -0.25) is 19.5 Å². The summed E-state index contributed by atoms with van der Waals surface area (Å²) in [7, 11) is 0. The number of nitrogens with one attached hydrogen (secondary N) is 2. The van der Waals surface area contributed by atoms with Crippen LogP contribution in [-0.2, 0) is 11.2 Å². The van der Waals surface area contributed by atoms with Crippen molar-refractivity contribution in [1.82, 2.24) is 25.1 Å². The number of hydrogen-bond acceptors (Lipinski definition) is 7. The minimum atomic E-state index is -0.0991. The smallest absolute Gasteiger partial charge is 0.273 e. The SMILES string of the molecule is O=C(CN1CCN(C(=O)c2csc(Nc3ccccc3Cl)n2)CC1)NCCc1ccccn1. The van der Waals surface area contributed by atoms with Crippen LogP contribution in [0.25, 0.3) is 0 Å². The van der Waals surface area contributed by atoms with Crippen LogP contribution in [0.1, 0.15) is 16.2 Å². The summed E-state index contributed by atoms with van der Waals surface area (Å²) in [6.45, 7) is 3.30. The lowest BCUT2D eigenvalue weighted by atomic mass is 10.2. The zero-order valence-corrected chi connectivity index (χ0v) is 19.6. The number of pyridine rings is 1. The molecule has 1 aliphatic rings. The Labute approximate surface area is 201 Å². The van der Waals surface area contributed by atoms with Crippen LogP contribution in [0.5, 0.6) is 0 Å². The molecule has 1 aromatic carbocycles. The number of nitrogens with zero attached hydrogens (tertiary/aromatic N) is 4. The van der Waals surface area contributed by atoms with Crippen molar-refractivity contribution in [3.63, 3.8) is 0 Å². The quantitative estimate of drug-likeness (QED) is 0.510. The van der Waals surface area contributed by atoms with Crippen LogP contribution in [0, 0.1) is 0 Å². The molecule has 1 aliphatic heterocycles. The van der Waals surface area contributed by atoms with Crippen molar-refractivity contribution in [3.05, 3.63) is 70.5 Å². The molecule has 2 aromatic heterocycles. The largest absolute Gasteiger partial charge is 0.355 e. The van der Waals surface area contributed by atoms with E-state index in [2.05, 4.69) is 25.5 Å². The van der Waals surface area contributed by atoms with Crippen LogP contribution in [0.4, 0.5) is 10.8 Å². The van der Waals surface area contributed by atoms with Gasteiger partial charge < -0.3 is 15.5 Å². The van der Waals surface area contributed by atoms with Crippen LogP contribution in [0.15, 0.2) is 54.0 Å². The maximum absolute atomic E-state index is 12.8. The summed E-state index contributed by atoms with van der Waals surface area (Å²) in [6.07, 6.45) is 2.45. The molecule has 0 radical (unpaired) electrons. The Balaban J connectivity index is 1.20. The fourth-order valence-electron chi connectivity index (χ4n) is 3.51. The number of halogens is 1. The summed E-state index contributed by atoms with van der Waals surface area (Å²) in [5, 5.41) is 9.06. The Morgan fingerprint density at radius 3 is 2.61 bits per heavy atom. The fraction of sp³-hybridized carbons (Fsp3) is 0.304. The number of piperazine rings is 1. The summed E-state index contributed by atoms with van der Waals surface area (Å²) in [5.41, 5.74) is 2.12. The molecule has 0 unspecified atom stereocenters. The molecule has 2 amide bonds. The minimum Gasteiger partial charge on any atom is -0.355 e. The molecule has 1 fully saturated rings. The maximum atomic E-state index is 12.8. The van der Waals surface area contributed by atoms with Gasteiger partial charge in [0, 0.05) is 56.4 Å². The van der Waals surface area contributed by atoms with Gasteiger partial charge in [-0.05, 0) is 24.3 Å². The Hall–Kier alpha value is -3.01. The molecule has 0 saturated carbocycles. The lowest BCUT2D eigenvalue weighted by Gasteiger charge is -2.33. The number of carbonyl (C=O) groups is 2. The topological polar surface area (TPSA) is 90.5 Å². The summed E-state index contributed by atoms with van der Waals surface area (Å²) in [5.74, 6) is -0.113. The van der Waals surface area contributed by atoms with E-state index < -0.39 is 0 Å². The number of hydrogen-bond donors (Lipinski definition) is 2. The van der Waals surface area contributed by atoms with Gasteiger partial charge in [-0.1, -0.05) is 29.8 Å². The molecule has 0 spiro atoms. The predicted octanol–water partition coefficient (Wildman–Crippen LogP) is 3.05. The molecule has 0 bridgehead atoms. The molecular formula is C23H25ClN6O2S. The molecule has 0 aliphatic carbocycles. The van der Waals surface area contributed by atoms with Crippen molar-refractivity contribution >= 4 is 45.6 Å². The van der Waals surface area contributed by atoms with Crippen molar-refractivity contribution in [2.24, 2.45) is 0 Å². The van der Waals surface area contributed by atoms with E-state index in [0.29, 0.717) is 61.5 Å². The first-order valence-electron chi connectivity index (χ1n) is 10.7. The molecule has 3 aromatic rings. The summed E-state index contributed by atoms with van der Waals surface area (Å²) < 4.78 is 0. The van der Waals surface area contributed by atoms with Gasteiger partial charge in [-0.2, -0.15) is 0 Å². The number of benzene rings is 1. The van der Waals surface area contributed by atoms with Gasteiger partial charge in [-0.15, -0.1) is 11.3 Å². The van der Waals surface area contributed by atoms with Gasteiger partial charge in [0.05, 0.1) is 17.3 Å². The van der Waals surface area contributed by atoms with Crippen molar-refractivity contribution in [3.8, 4) is 0 Å². The van der Waals surface area contributed by atoms with E-state index in [4.69, 9.17) is 11.6 Å². The van der Waals surface area contributed by atoms with Gasteiger partial charge in [0.1, 0.15) is 5.69 Å². The second-order valence-electron chi connectivity index (χ2n) is 7.63. The van der Waals surface area contributed by atoms with E-state index in [1.807, 2.05) is 36.4 Å². The van der Waals surface area contributed by atoms with Crippen LogP contribution >= 0.6 is 22.9 Å². The maximum Gasteiger partial charge on any atom is 0.273 e. The monoisotopic (exact) mass is 484 g/mol. The van der Waals surface area contributed by atoms with Gasteiger partial charge in [-0.25, -0.2) is 4.98 Å². The standard InChI is InChI=1S/C23H25ClN6O2S/c24-18-6-1-2-7-19(18)27-23-28-20(16-33-23)22(32)30-13-11-29(12-14-30)15-21(31)26-10-8-17-5-3-4-9-25-17/h1-7,9,16H,8,10-15H2,(H,26,31)(H,27,28). The second-order valence-corrected chi connectivity index (χ2v) is 8.90. The highest BCUT2D eigenvalue weighted by atomic mass is 35.5. The average molecular weight is 485 g/mol. The average Bonchev–Trinajstić information content (AvgIpc) is 3.30. The third-order valence-corrected chi connectivity index (χ3v) is 6.38. The van der Waals surface area contributed by atoms with Gasteiger partial charge in [0.25, 0.3) is 5.91 Å².